The number of benzene rings is 2. The summed E-state index contributed by atoms with van der Waals surface area (Å²) in [5, 5.41) is 17.0. The van der Waals surface area contributed by atoms with Gasteiger partial charge in [-0.2, -0.15) is 39.5 Å². The standard InChI is InChI=1S/C27H36FN5O3.C22H28FN5O.2C2HF3O2.C2HF3O/c1-27(2,3)36-26(35)30-21(16-20-8-4-5-9-23(20)28)17-25(34)33-18-22(19-33)31-12-14-32(15-13-31)24-10-6-7-11-29-24;23-20-6-2-1-5-17(20)13-18(24)14-22(29)28-15-19(16-28)26-9-11-27(12-10-26)21-7-3-4-8-25-21;2*3-2(4,5)1(6)7;3-2(4,5)1-6/h4-11,21-22H,12-19H2,1-3H3,(H,30,35);1-8,18-19H,9-16,24H2;2*(H,6,7);1H/t21-;18-;;;/m11.../s1. The zero-order chi connectivity index (χ0) is 63.3. The minimum atomic E-state index is -5.08. The van der Waals surface area contributed by atoms with Crippen LogP contribution in [0.25, 0.3) is 0 Å². The van der Waals surface area contributed by atoms with Gasteiger partial charge >= 0.3 is 36.6 Å². The summed E-state index contributed by atoms with van der Waals surface area (Å²) in [4.78, 5) is 86.5. The van der Waals surface area contributed by atoms with E-state index < -0.39 is 54.5 Å². The molecule has 4 fully saturated rings. The van der Waals surface area contributed by atoms with Crippen LogP contribution in [0.4, 0.5) is 64.7 Å². The Labute approximate surface area is 482 Å². The third kappa shape index (κ3) is 24.8. The molecule has 0 unspecified atom stereocenters. The Hall–Kier alpha value is -7.73. The van der Waals surface area contributed by atoms with Crippen molar-refractivity contribution in [3.05, 3.63) is 120 Å². The summed E-state index contributed by atoms with van der Waals surface area (Å²) >= 11 is 0. The molecule has 5 N–H and O–H groups in total. The number of aliphatic carboxylic acids is 2. The number of carbonyl (C=O) groups is 6. The van der Waals surface area contributed by atoms with Gasteiger partial charge in [0.15, 0.2) is 0 Å². The van der Waals surface area contributed by atoms with E-state index in [4.69, 9.17) is 35.1 Å². The second kappa shape index (κ2) is 32.0. The largest absolute Gasteiger partial charge is 0.490 e. The molecule has 2 atom stereocenters. The summed E-state index contributed by atoms with van der Waals surface area (Å²) in [6.45, 7) is 15.7. The molecule has 30 heteroatoms. The molecule has 4 aliphatic rings. The van der Waals surface area contributed by atoms with Gasteiger partial charge in [-0.25, -0.2) is 33.1 Å². The number of halogens is 11. The van der Waals surface area contributed by atoms with Gasteiger partial charge in [-0.05, 0) is 81.1 Å². The summed E-state index contributed by atoms with van der Waals surface area (Å²) in [7, 11) is 0. The van der Waals surface area contributed by atoms with Crippen LogP contribution in [-0.2, 0) is 41.6 Å². The second-order valence-corrected chi connectivity index (χ2v) is 20.7. The van der Waals surface area contributed by atoms with Crippen molar-refractivity contribution in [1.82, 2.24) is 34.9 Å². The van der Waals surface area contributed by atoms with Gasteiger partial charge < -0.3 is 45.6 Å². The Bertz CT molecular complexity index is 2730. The molecular weight excluding hydrogens is 1150 g/mol. The van der Waals surface area contributed by atoms with Gasteiger partial charge in [0.25, 0.3) is 0 Å². The van der Waals surface area contributed by atoms with Crippen molar-refractivity contribution in [2.24, 2.45) is 5.73 Å². The molecule has 0 bridgehead atoms. The number of anilines is 2. The Morgan fingerprint density at radius 2 is 0.953 bits per heavy atom. The van der Waals surface area contributed by atoms with E-state index in [0.29, 0.717) is 42.7 Å². The highest BCUT2D eigenvalue weighted by atomic mass is 19.4. The second-order valence-electron chi connectivity index (χ2n) is 20.7. The van der Waals surface area contributed by atoms with Crippen LogP contribution >= 0.6 is 0 Å². The number of nitrogens with one attached hydrogen (secondary N) is 1. The fourth-order valence-electron chi connectivity index (χ4n) is 8.78. The van der Waals surface area contributed by atoms with Crippen LogP contribution < -0.4 is 20.9 Å². The maximum atomic E-state index is 14.3. The van der Waals surface area contributed by atoms with Crippen molar-refractivity contribution in [3.63, 3.8) is 0 Å². The fourth-order valence-corrected chi connectivity index (χ4v) is 8.78. The number of piperazine rings is 2. The van der Waals surface area contributed by atoms with Gasteiger partial charge in [0.1, 0.15) is 28.9 Å². The number of hydrogen-bond donors (Lipinski definition) is 4. The van der Waals surface area contributed by atoms with Crippen LogP contribution in [0.5, 0.6) is 0 Å². The zero-order valence-corrected chi connectivity index (χ0v) is 46.5. The third-order valence-corrected chi connectivity index (χ3v) is 13.1. The molecular formula is C55H67F11N10O9. The van der Waals surface area contributed by atoms with E-state index in [1.165, 1.54) is 12.1 Å². The van der Waals surface area contributed by atoms with Gasteiger partial charge in [0, 0.05) is 128 Å². The average molecular weight is 1220 g/mol. The SMILES string of the molecule is CC(C)(C)OC(=O)N[C@@H](CC(=O)N1CC(N2CCN(c3ccccn3)CC2)C1)Cc1ccccc1F.N[C@@H](CC(=O)N1CC(N2CCN(c3ccccn3)CC2)C1)Cc1ccccc1F.O=C(O)C(F)(F)F.O=C(O)C(F)(F)F.O=CC(F)(F)F. The number of nitrogens with zero attached hydrogens (tertiary/aromatic N) is 8. The van der Waals surface area contributed by atoms with Crippen molar-refractivity contribution in [2.75, 3.05) is 88.3 Å². The molecule has 2 aromatic carbocycles. The van der Waals surface area contributed by atoms with Gasteiger partial charge in [0.2, 0.25) is 18.1 Å². The molecule has 6 heterocycles. The highest BCUT2D eigenvalue weighted by Crippen LogP contribution is 2.24. The quantitative estimate of drug-likeness (QED) is 0.0815. The van der Waals surface area contributed by atoms with Crippen molar-refractivity contribution in [3.8, 4) is 0 Å². The molecule has 0 radical (unpaired) electrons. The molecule has 85 heavy (non-hydrogen) atoms. The third-order valence-electron chi connectivity index (χ3n) is 13.1. The van der Waals surface area contributed by atoms with Crippen molar-refractivity contribution in [1.29, 1.82) is 0 Å². The predicted molar refractivity (Wildman–Crippen MR) is 287 cm³/mol. The molecule has 4 aromatic rings. The number of alkyl halides is 9. The van der Waals surface area contributed by atoms with Gasteiger partial charge in [-0.15, -0.1) is 0 Å². The Morgan fingerprint density at radius 3 is 1.28 bits per heavy atom. The van der Waals surface area contributed by atoms with Gasteiger partial charge in [-0.3, -0.25) is 24.2 Å². The highest BCUT2D eigenvalue weighted by Gasteiger charge is 2.40. The average Bonchev–Trinajstić information content (AvgIpc) is 3.60. The van der Waals surface area contributed by atoms with Crippen molar-refractivity contribution in [2.45, 2.75) is 94.8 Å². The number of pyridine rings is 2. The maximum absolute atomic E-state index is 14.3. The summed E-state index contributed by atoms with van der Waals surface area (Å²) in [5.74, 6) is -4.07. The minimum Gasteiger partial charge on any atom is -0.475 e. The van der Waals surface area contributed by atoms with E-state index in [-0.39, 0.29) is 48.8 Å². The molecule has 0 aliphatic carbocycles. The molecule has 0 saturated carbocycles. The van der Waals surface area contributed by atoms with Crippen LogP contribution in [0.15, 0.2) is 97.3 Å². The normalized spacial score (nSPS) is 16.7. The number of rotatable bonds is 13. The number of carboxylic acid groups (broad SMARTS) is 2. The lowest BCUT2D eigenvalue weighted by Crippen LogP contribution is -2.64. The van der Waals surface area contributed by atoms with Crippen LogP contribution in [-0.4, -0.2) is 203 Å². The highest BCUT2D eigenvalue weighted by molar-refractivity contribution is 5.79. The lowest BCUT2D eigenvalue weighted by molar-refractivity contribution is -0.193. The maximum Gasteiger partial charge on any atom is 0.490 e. The summed E-state index contributed by atoms with van der Waals surface area (Å²) in [5.41, 5.74) is 6.47. The number of likely N-dealkylation sites (tertiary alicyclic amines) is 2. The number of hydrogen-bond acceptors (Lipinski definition) is 14. The van der Waals surface area contributed by atoms with Crippen molar-refractivity contribution >= 4 is 47.8 Å². The van der Waals surface area contributed by atoms with Crippen LogP contribution in [0.3, 0.4) is 0 Å². The summed E-state index contributed by atoms with van der Waals surface area (Å²) in [6, 6.07) is 24.8. The number of carboxylic acids is 2. The number of carbonyl (C=O) groups excluding carboxylic acids is 4. The van der Waals surface area contributed by atoms with E-state index in [0.717, 1.165) is 77.1 Å². The number of alkyl carbamates (subject to hydrolysis) is 1. The molecule has 4 aliphatic heterocycles. The fraction of sp³-hybridized carbons (Fsp3) is 0.491. The lowest BCUT2D eigenvalue weighted by Gasteiger charge is -2.48. The van der Waals surface area contributed by atoms with Crippen LogP contribution in [0, 0.1) is 11.6 Å². The van der Waals surface area contributed by atoms with E-state index in [1.807, 2.05) is 58.6 Å². The van der Waals surface area contributed by atoms with E-state index >= 15 is 0 Å². The van der Waals surface area contributed by atoms with E-state index in [9.17, 15) is 62.7 Å². The Kier molecular flexibility index (Phi) is 26.2. The Morgan fingerprint density at radius 1 is 0.600 bits per heavy atom. The smallest absolute Gasteiger partial charge is 0.475 e. The van der Waals surface area contributed by atoms with Crippen molar-refractivity contribution < 1.29 is 92.0 Å². The first kappa shape index (κ1) is 69.8. The number of ether oxygens (including phenoxy) is 1. The van der Waals surface area contributed by atoms with E-state index in [1.54, 1.807) is 57.2 Å². The first-order valence-corrected chi connectivity index (χ1v) is 26.4. The molecule has 4 saturated heterocycles. The monoisotopic (exact) mass is 1220 g/mol. The molecule has 0 spiro atoms. The summed E-state index contributed by atoms with van der Waals surface area (Å²) in [6.07, 6.45) is -11.9. The number of amides is 3. The van der Waals surface area contributed by atoms with Crippen LogP contribution in [0.2, 0.25) is 0 Å². The molecule has 3 amide bonds. The molecule has 8 rings (SSSR count). The molecule has 19 nitrogen and oxygen atoms in total. The predicted octanol–water partition coefficient (Wildman–Crippen LogP) is 6.61. The number of nitrogens with two attached hydrogens (primary N) is 1. The lowest BCUT2D eigenvalue weighted by atomic mass is 10.00. The summed E-state index contributed by atoms with van der Waals surface area (Å²) < 4.78 is 128. The number of aldehydes is 1. The first-order valence-electron chi connectivity index (χ1n) is 26.4. The van der Waals surface area contributed by atoms with Gasteiger partial charge in [0.05, 0.1) is 0 Å². The molecule has 468 valence electrons. The Balaban J connectivity index is 0.000000279. The number of aromatic nitrogens is 2. The van der Waals surface area contributed by atoms with E-state index in [2.05, 4.69) is 34.9 Å². The van der Waals surface area contributed by atoms with Gasteiger partial charge in [-0.1, -0.05) is 48.5 Å². The molecule has 2 aromatic heterocycles. The first-order chi connectivity index (χ1) is 39.7. The zero-order valence-electron chi connectivity index (χ0n) is 46.5. The van der Waals surface area contributed by atoms with Crippen LogP contribution in [0.1, 0.15) is 44.7 Å². The topological polar surface area (TPSA) is 235 Å². The minimum absolute atomic E-state index is 0.0456.